The normalized spacial score (nSPS) is 13.2. The molecule has 1 amide bonds. The van der Waals surface area contributed by atoms with Gasteiger partial charge in [-0.25, -0.2) is 4.79 Å². The van der Waals surface area contributed by atoms with Gasteiger partial charge < -0.3 is 10.4 Å². The monoisotopic (exact) mass is 369 g/mol. The van der Waals surface area contributed by atoms with E-state index in [9.17, 15) is 35.9 Å². The Morgan fingerprint density at radius 3 is 1.92 bits per heavy atom. The van der Waals surface area contributed by atoms with Crippen LogP contribution >= 0.6 is 0 Å². The largest absolute Gasteiger partial charge is 0.480 e. The average Bonchev–Trinajstić information content (AvgIpc) is 2.44. The third-order valence-corrected chi connectivity index (χ3v) is 3.05. The van der Waals surface area contributed by atoms with Crippen molar-refractivity contribution in [3.05, 3.63) is 47.5 Å². The molecule has 0 bridgehead atoms. The maximum absolute atomic E-state index is 12.7. The van der Waals surface area contributed by atoms with Crippen LogP contribution in [0.4, 0.5) is 26.3 Å². The molecule has 0 saturated heterocycles. The second kappa shape index (κ2) is 7.58. The van der Waals surface area contributed by atoms with Gasteiger partial charge >= 0.3 is 18.3 Å². The number of carbonyl (C=O) groups is 2. The Labute approximate surface area is 138 Å². The molecular formula is C15H13F6NO3. The van der Waals surface area contributed by atoms with Crippen LogP contribution in [0.3, 0.4) is 0 Å². The Balaban J connectivity index is 3.10. The van der Waals surface area contributed by atoms with E-state index in [1.54, 1.807) is 0 Å². The first kappa shape index (κ1) is 20.5. The number of alkyl halides is 6. The van der Waals surface area contributed by atoms with Gasteiger partial charge in [-0.3, -0.25) is 4.79 Å². The molecule has 0 aliphatic rings. The number of nitrogens with one attached hydrogen (secondary N) is 1. The van der Waals surface area contributed by atoms with E-state index in [-0.39, 0.29) is 12.5 Å². The highest BCUT2D eigenvalue weighted by molar-refractivity contribution is 5.85. The van der Waals surface area contributed by atoms with Crippen molar-refractivity contribution in [2.24, 2.45) is 0 Å². The summed E-state index contributed by atoms with van der Waals surface area (Å²) in [4.78, 5) is 22.6. The van der Waals surface area contributed by atoms with Gasteiger partial charge in [0.25, 0.3) is 0 Å². The summed E-state index contributed by atoms with van der Waals surface area (Å²) >= 11 is 0. The Hall–Kier alpha value is -2.52. The third-order valence-electron chi connectivity index (χ3n) is 3.05. The molecule has 0 unspecified atom stereocenters. The van der Waals surface area contributed by atoms with Crippen molar-refractivity contribution >= 4 is 11.9 Å². The number of rotatable bonds is 6. The van der Waals surface area contributed by atoms with Crippen LogP contribution in [0.2, 0.25) is 0 Å². The minimum atomic E-state index is -5.03. The highest BCUT2D eigenvalue weighted by Gasteiger charge is 2.37. The highest BCUT2D eigenvalue weighted by Crippen LogP contribution is 2.36. The Kier molecular flexibility index (Phi) is 6.22. The molecule has 0 heterocycles. The topological polar surface area (TPSA) is 66.4 Å². The molecule has 4 nitrogen and oxygen atoms in total. The molecule has 2 N–H and O–H groups in total. The molecule has 0 saturated carbocycles. The van der Waals surface area contributed by atoms with Crippen molar-refractivity contribution in [3.8, 4) is 0 Å². The zero-order valence-corrected chi connectivity index (χ0v) is 12.5. The van der Waals surface area contributed by atoms with Gasteiger partial charge in [0.05, 0.1) is 17.5 Å². The fraction of sp³-hybridized carbons (Fsp3) is 0.333. The predicted molar refractivity (Wildman–Crippen MR) is 74.5 cm³/mol. The molecule has 0 aliphatic carbocycles. The minimum Gasteiger partial charge on any atom is -0.480 e. The van der Waals surface area contributed by atoms with Crippen molar-refractivity contribution < 1.29 is 41.0 Å². The van der Waals surface area contributed by atoms with Crippen LogP contribution in [0.5, 0.6) is 0 Å². The standard InChI is InChI=1S/C15H13F6NO3/c1-2-3-11(13(24)25)22-12(23)6-8-4-9(14(16,17)18)7-10(5-8)15(19,20)21/h2,4-5,7,11H,1,3,6H2,(H,22,23)(H,24,25)/t11-/m1/s1. The number of carboxylic acid groups (broad SMARTS) is 1. The van der Waals surface area contributed by atoms with Gasteiger partial charge in [-0.2, -0.15) is 26.3 Å². The Bertz CT molecular complexity index is 634. The fourth-order valence-corrected chi connectivity index (χ4v) is 1.94. The molecule has 1 atom stereocenters. The molecule has 10 heteroatoms. The zero-order chi connectivity index (χ0) is 19.4. The summed E-state index contributed by atoms with van der Waals surface area (Å²) in [6.45, 7) is 3.29. The van der Waals surface area contributed by atoms with E-state index in [1.807, 2.05) is 5.32 Å². The first-order valence-electron chi connectivity index (χ1n) is 6.76. The summed E-state index contributed by atoms with van der Waals surface area (Å²) < 4.78 is 76.4. The molecular weight excluding hydrogens is 356 g/mol. The van der Waals surface area contributed by atoms with Crippen molar-refractivity contribution in [2.75, 3.05) is 0 Å². The zero-order valence-electron chi connectivity index (χ0n) is 12.5. The van der Waals surface area contributed by atoms with Crippen molar-refractivity contribution in [3.63, 3.8) is 0 Å². The third kappa shape index (κ3) is 6.12. The SMILES string of the molecule is C=CC[C@@H](NC(=O)Cc1cc(C(F)(F)F)cc(C(F)(F)F)c1)C(=O)O. The lowest BCUT2D eigenvalue weighted by Crippen LogP contribution is -2.41. The van der Waals surface area contributed by atoms with E-state index in [0.29, 0.717) is 12.1 Å². The molecule has 0 spiro atoms. The van der Waals surface area contributed by atoms with Crippen LogP contribution in [0.25, 0.3) is 0 Å². The van der Waals surface area contributed by atoms with E-state index in [0.717, 1.165) is 0 Å². The van der Waals surface area contributed by atoms with Crippen LogP contribution in [-0.4, -0.2) is 23.0 Å². The highest BCUT2D eigenvalue weighted by atomic mass is 19.4. The first-order chi connectivity index (χ1) is 11.3. The summed E-state index contributed by atoms with van der Waals surface area (Å²) in [6.07, 6.45) is -9.85. The van der Waals surface area contributed by atoms with Crippen molar-refractivity contribution in [1.82, 2.24) is 5.32 Å². The quantitative estimate of drug-likeness (QED) is 0.597. The van der Waals surface area contributed by atoms with E-state index in [4.69, 9.17) is 5.11 Å². The van der Waals surface area contributed by atoms with Gasteiger partial charge in [0.2, 0.25) is 5.91 Å². The molecule has 0 fully saturated rings. The summed E-state index contributed by atoms with van der Waals surface area (Å²) in [6, 6.07) is -0.604. The number of halogens is 6. The number of carboxylic acids is 1. The molecule has 138 valence electrons. The van der Waals surface area contributed by atoms with Crippen LogP contribution in [-0.2, 0) is 28.4 Å². The minimum absolute atomic E-state index is 0.0564. The fourth-order valence-electron chi connectivity index (χ4n) is 1.94. The van der Waals surface area contributed by atoms with E-state index < -0.39 is 53.4 Å². The van der Waals surface area contributed by atoms with Gasteiger partial charge in [-0.15, -0.1) is 6.58 Å². The van der Waals surface area contributed by atoms with Gasteiger partial charge in [-0.05, 0) is 30.2 Å². The summed E-state index contributed by atoms with van der Waals surface area (Å²) in [5.41, 5.74) is -3.64. The van der Waals surface area contributed by atoms with E-state index in [1.165, 1.54) is 6.08 Å². The maximum atomic E-state index is 12.7. The smallest absolute Gasteiger partial charge is 0.416 e. The first-order valence-corrected chi connectivity index (χ1v) is 6.76. The lowest BCUT2D eigenvalue weighted by Gasteiger charge is -2.15. The number of amides is 1. The molecule has 0 radical (unpaired) electrons. The number of benzene rings is 1. The molecule has 1 aromatic rings. The van der Waals surface area contributed by atoms with Crippen LogP contribution in [0.1, 0.15) is 23.1 Å². The van der Waals surface area contributed by atoms with Gasteiger partial charge in [0, 0.05) is 0 Å². The molecule has 0 aromatic heterocycles. The number of hydrogen-bond donors (Lipinski definition) is 2. The summed E-state index contributed by atoms with van der Waals surface area (Å²) in [7, 11) is 0. The Morgan fingerprint density at radius 1 is 1.08 bits per heavy atom. The van der Waals surface area contributed by atoms with Gasteiger partial charge in [0.1, 0.15) is 6.04 Å². The lowest BCUT2D eigenvalue weighted by atomic mass is 10.0. The second-order valence-electron chi connectivity index (χ2n) is 5.07. The average molecular weight is 369 g/mol. The van der Waals surface area contributed by atoms with E-state index in [2.05, 4.69) is 6.58 Å². The van der Waals surface area contributed by atoms with E-state index >= 15 is 0 Å². The summed E-state index contributed by atoms with van der Waals surface area (Å²) in [5.74, 6) is -2.44. The van der Waals surface area contributed by atoms with Crippen LogP contribution in [0, 0.1) is 0 Å². The Morgan fingerprint density at radius 2 is 1.56 bits per heavy atom. The van der Waals surface area contributed by atoms with Crippen molar-refractivity contribution in [2.45, 2.75) is 31.2 Å². The lowest BCUT2D eigenvalue weighted by molar-refractivity contribution is -0.143. The number of carbonyl (C=O) groups excluding carboxylic acids is 1. The number of hydrogen-bond acceptors (Lipinski definition) is 2. The van der Waals surface area contributed by atoms with Crippen LogP contribution in [0.15, 0.2) is 30.9 Å². The maximum Gasteiger partial charge on any atom is 0.416 e. The molecule has 25 heavy (non-hydrogen) atoms. The summed E-state index contributed by atoms with van der Waals surface area (Å²) in [5, 5.41) is 10.9. The molecule has 1 aromatic carbocycles. The van der Waals surface area contributed by atoms with Crippen molar-refractivity contribution in [1.29, 1.82) is 0 Å². The molecule has 0 aliphatic heterocycles. The number of aliphatic carboxylic acids is 1. The second-order valence-corrected chi connectivity index (χ2v) is 5.07. The predicted octanol–water partition coefficient (Wildman–Crippen LogP) is 3.41. The van der Waals surface area contributed by atoms with Gasteiger partial charge in [-0.1, -0.05) is 6.08 Å². The van der Waals surface area contributed by atoms with Gasteiger partial charge in [0.15, 0.2) is 0 Å². The molecule has 1 rings (SSSR count). The van der Waals surface area contributed by atoms with Crippen LogP contribution < -0.4 is 5.32 Å².